The predicted molar refractivity (Wildman–Crippen MR) is 51.7 cm³/mol. The van der Waals surface area contributed by atoms with E-state index in [1.807, 2.05) is 0 Å². The lowest BCUT2D eigenvalue weighted by Gasteiger charge is -2.02. The molecule has 0 aliphatic rings. The zero-order chi connectivity index (χ0) is 9.07. The molecule has 0 bridgehead atoms. The first-order valence-corrected chi connectivity index (χ1v) is 4.57. The highest BCUT2D eigenvalue weighted by Crippen LogP contribution is 1.96. The first kappa shape index (κ1) is 11.6. The van der Waals surface area contributed by atoms with Crippen molar-refractivity contribution in [1.82, 2.24) is 5.48 Å². The Hall–Kier alpha value is -0.380. The highest BCUT2D eigenvalue weighted by Gasteiger charge is 1.88. The quantitative estimate of drug-likeness (QED) is 0.312. The van der Waals surface area contributed by atoms with Crippen LogP contribution in [0.15, 0.2) is 12.7 Å². The van der Waals surface area contributed by atoms with Gasteiger partial charge in [0, 0.05) is 6.54 Å². The van der Waals surface area contributed by atoms with Crippen LogP contribution in [-0.4, -0.2) is 19.7 Å². The van der Waals surface area contributed by atoms with Gasteiger partial charge in [0.2, 0.25) is 0 Å². The summed E-state index contributed by atoms with van der Waals surface area (Å²) in [6.45, 7) is 5.83. The molecule has 0 aliphatic carbocycles. The Bertz CT molecular complexity index is 96.5. The maximum Gasteiger partial charge on any atom is 0.0861 e. The van der Waals surface area contributed by atoms with E-state index in [1.165, 1.54) is 12.8 Å². The molecule has 3 N–H and O–H groups in total. The van der Waals surface area contributed by atoms with Crippen LogP contribution in [0.3, 0.4) is 0 Å². The third-order valence-corrected chi connectivity index (χ3v) is 1.54. The summed E-state index contributed by atoms with van der Waals surface area (Å²) < 4.78 is 0. The van der Waals surface area contributed by atoms with Crippen LogP contribution in [0.2, 0.25) is 0 Å². The average Bonchev–Trinajstić information content (AvgIpc) is 2.10. The molecule has 0 aromatic rings. The van der Waals surface area contributed by atoms with E-state index >= 15 is 0 Å². The minimum Gasteiger partial charge on any atom is -0.330 e. The van der Waals surface area contributed by atoms with Gasteiger partial charge in [0.05, 0.1) is 6.61 Å². The van der Waals surface area contributed by atoms with Crippen molar-refractivity contribution in [2.45, 2.75) is 25.7 Å². The van der Waals surface area contributed by atoms with Gasteiger partial charge in [-0.2, -0.15) is 0 Å². The van der Waals surface area contributed by atoms with Crippen LogP contribution >= 0.6 is 0 Å². The van der Waals surface area contributed by atoms with E-state index in [0.717, 1.165) is 25.9 Å². The molecule has 0 heterocycles. The second-order valence-corrected chi connectivity index (χ2v) is 2.70. The van der Waals surface area contributed by atoms with Crippen LogP contribution < -0.4 is 11.2 Å². The second kappa shape index (κ2) is 10.6. The number of hydrogen-bond donors (Lipinski definition) is 2. The van der Waals surface area contributed by atoms with Crippen LogP contribution in [0.4, 0.5) is 0 Å². The van der Waals surface area contributed by atoms with E-state index in [9.17, 15) is 0 Å². The highest BCUT2D eigenvalue weighted by atomic mass is 16.6. The molecular formula is C9H20N2O. The minimum atomic E-state index is 0.572. The fourth-order valence-corrected chi connectivity index (χ4v) is 0.885. The van der Waals surface area contributed by atoms with Crippen molar-refractivity contribution in [3.8, 4) is 0 Å². The molecule has 0 aromatic heterocycles. The zero-order valence-electron chi connectivity index (χ0n) is 7.72. The van der Waals surface area contributed by atoms with Gasteiger partial charge in [-0.1, -0.05) is 18.9 Å². The summed E-state index contributed by atoms with van der Waals surface area (Å²) in [5, 5.41) is 0. The third kappa shape index (κ3) is 9.62. The molecular weight excluding hydrogens is 152 g/mol. The Morgan fingerprint density at radius 2 is 2.00 bits per heavy atom. The molecule has 0 saturated heterocycles. The number of nitrogens with two attached hydrogens (primary N) is 1. The summed E-state index contributed by atoms with van der Waals surface area (Å²) in [6, 6.07) is 0. The van der Waals surface area contributed by atoms with Crippen LogP contribution in [0.5, 0.6) is 0 Å². The van der Waals surface area contributed by atoms with Gasteiger partial charge < -0.3 is 5.73 Å². The van der Waals surface area contributed by atoms with Gasteiger partial charge in [-0.25, -0.2) is 5.48 Å². The van der Waals surface area contributed by atoms with E-state index in [0.29, 0.717) is 6.61 Å². The SMILES string of the molecule is C=CCONCCCCCCN. The number of rotatable bonds is 9. The van der Waals surface area contributed by atoms with Gasteiger partial charge in [-0.3, -0.25) is 4.84 Å². The summed E-state index contributed by atoms with van der Waals surface area (Å²) in [6.07, 6.45) is 6.45. The van der Waals surface area contributed by atoms with Crippen molar-refractivity contribution in [3.63, 3.8) is 0 Å². The molecule has 72 valence electrons. The van der Waals surface area contributed by atoms with Crippen molar-refractivity contribution in [2.75, 3.05) is 19.7 Å². The highest BCUT2D eigenvalue weighted by molar-refractivity contribution is 4.62. The summed E-state index contributed by atoms with van der Waals surface area (Å²) in [7, 11) is 0. The second-order valence-electron chi connectivity index (χ2n) is 2.70. The molecule has 0 aromatic carbocycles. The van der Waals surface area contributed by atoms with E-state index < -0.39 is 0 Å². The van der Waals surface area contributed by atoms with Crippen LogP contribution in [0, 0.1) is 0 Å². The lowest BCUT2D eigenvalue weighted by molar-refractivity contribution is 0.0616. The average molecular weight is 172 g/mol. The maximum atomic E-state index is 5.36. The molecule has 0 spiro atoms. The predicted octanol–water partition coefficient (Wildman–Crippen LogP) is 1.21. The first-order valence-electron chi connectivity index (χ1n) is 4.57. The Morgan fingerprint density at radius 3 is 2.67 bits per heavy atom. The Balaban J connectivity index is 2.77. The van der Waals surface area contributed by atoms with Crippen molar-refractivity contribution in [2.24, 2.45) is 5.73 Å². The molecule has 0 atom stereocenters. The molecule has 0 radical (unpaired) electrons. The van der Waals surface area contributed by atoms with Crippen molar-refractivity contribution in [1.29, 1.82) is 0 Å². The monoisotopic (exact) mass is 172 g/mol. The van der Waals surface area contributed by atoms with Crippen LogP contribution in [-0.2, 0) is 4.84 Å². The molecule has 3 nitrogen and oxygen atoms in total. The third-order valence-electron chi connectivity index (χ3n) is 1.54. The number of hydroxylamine groups is 1. The van der Waals surface area contributed by atoms with Gasteiger partial charge in [0.25, 0.3) is 0 Å². The number of hydrogen-bond acceptors (Lipinski definition) is 3. The smallest absolute Gasteiger partial charge is 0.0861 e. The first-order chi connectivity index (χ1) is 5.91. The fourth-order valence-electron chi connectivity index (χ4n) is 0.885. The van der Waals surface area contributed by atoms with E-state index in [4.69, 9.17) is 10.6 Å². The van der Waals surface area contributed by atoms with Crippen LogP contribution in [0.25, 0.3) is 0 Å². The Labute approximate surface area is 74.9 Å². The number of nitrogens with one attached hydrogen (secondary N) is 1. The summed E-state index contributed by atoms with van der Waals surface area (Å²) in [4.78, 5) is 5.00. The molecule has 0 fully saturated rings. The maximum absolute atomic E-state index is 5.36. The lowest BCUT2D eigenvalue weighted by Crippen LogP contribution is -2.15. The molecule has 3 heteroatoms. The van der Waals surface area contributed by atoms with Gasteiger partial charge >= 0.3 is 0 Å². The molecule has 0 aliphatic heterocycles. The minimum absolute atomic E-state index is 0.572. The van der Waals surface area contributed by atoms with Gasteiger partial charge in [0.1, 0.15) is 0 Å². The van der Waals surface area contributed by atoms with Crippen molar-refractivity contribution in [3.05, 3.63) is 12.7 Å². The molecule has 0 unspecified atom stereocenters. The normalized spacial score (nSPS) is 10.1. The molecule has 12 heavy (non-hydrogen) atoms. The largest absolute Gasteiger partial charge is 0.330 e. The van der Waals surface area contributed by atoms with Crippen molar-refractivity contribution >= 4 is 0 Å². The topological polar surface area (TPSA) is 47.3 Å². The Morgan fingerprint density at radius 1 is 1.25 bits per heavy atom. The zero-order valence-corrected chi connectivity index (χ0v) is 7.72. The standard InChI is InChI=1S/C9H20N2O/c1-2-9-12-11-8-6-4-3-5-7-10/h2,11H,1,3-10H2. The summed E-state index contributed by atoms with van der Waals surface area (Å²) >= 11 is 0. The molecule has 0 rings (SSSR count). The van der Waals surface area contributed by atoms with Crippen molar-refractivity contribution < 1.29 is 4.84 Å². The van der Waals surface area contributed by atoms with Crippen LogP contribution in [0.1, 0.15) is 25.7 Å². The molecule has 0 saturated carbocycles. The van der Waals surface area contributed by atoms with Gasteiger partial charge in [0.15, 0.2) is 0 Å². The van der Waals surface area contributed by atoms with E-state index in [1.54, 1.807) is 6.08 Å². The fraction of sp³-hybridized carbons (Fsp3) is 0.778. The van der Waals surface area contributed by atoms with Gasteiger partial charge in [-0.15, -0.1) is 6.58 Å². The van der Waals surface area contributed by atoms with E-state index in [-0.39, 0.29) is 0 Å². The van der Waals surface area contributed by atoms with E-state index in [2.05, 4.69) is 12.1 Å². The molecule has 0 amide bonds. The lowest BCUT2D eigenvalue weighted by atomic mass is 10.2. The number of unbranched alkanes of at least 4 members (excludes halogenated alkanes) is 3. The van der Waals surface area contributed by atoms with Gasteiger partial charge in [-0.05, 0) is 19.4 Å². The Kier molecular flexibility index (Phi) is 10.3. The summed E-state index contributed by atoms with van der Waals surface area (Å²) in [5.41, 5.74) is 8.22. The summed E-state index contributed by atoms with van der Waals surface area (Å²) in [5.74, 6) is 0.